The summed E-state index contributed by atoms with van der Waals surface area (Å²) in [7, 11) is 0. The molecular formula is C27H32N2O5. The van der Waals surface area contributed by atoms with Crippen molar-refractivity contribution in [1.82, 2.24) is 4.90 Å². The Morgan fingerprint density at radius 2 is 1.85 bits per heavy atom. The molecule has 2 fully saturated rings. The normalized spacial score (nSPS) is 27.5. The number of ether oxygens (including phenoxy) is 2. The molecule has 2 aromatic carbocycles. The highest BCUT2D eigenvalue weighted by atomic mass is 16.5. The van der Waals surface area contributed by atoms with Gasteiger partial charge < -0.3 is 19.5 Å². The largest absolute Gasteiger partial charge is 0.487 e. The summed E-state index contributed by atoms with van der Waals surface area (Å²) in [6, 6.07) is 17.2. The third-order valence-corrected chi connectivity index (χ3v) is 7.50. The van der Waals surface area contributed by atoms with Crippen molar-refractivity contribution in [2.24, 2.45) is 11.8 Å². The number of carboxylic acids is 1. The van der Waals surface area contributed by atoms with Crippen LogP contribution in [0.1, 0.15) is 38.4 Å². The number of likely N-dealkylation sites (tertiary alicyclic amines) is 1. The van der Waals surface area contributed by atoms with Gasteiger partial charge in [-0.3, -0.25) is 14.5 Å². The van der Waals surface area contributed by atoms with Crippen LogP contribution in [0.4, 0.5) is 5.69 Å². The molecule has 2 aromatic rings. The molecule has 1 N–H and O–H groups in total. The van der Waals surface area contributed by atoms with Crippen molar-refractivity contribution in [3.63, 3.8) is 0 Å². The third-order valence-electron chi connectivity index (χ3n) is 7.50. The van der Waals surface area contributed by atoms with Gasteiger partial charge in [0.05, 0.1) is 18.8 Å². The summed E-state index contributed by atoms with van der Waals surface area (Å²) in [5.41, 5.74) is 1.40. The number of aliphatic carboxylic acids is 1. The number of hydrogen-bond acceptors (Lipinski definition) is 5. The summed E-state index contributed by atoms with van der Waals surface area (Å²) in [6.07, 6.45) is 2.01. The lowest BCUT2D eigenvalue weighted by atomic mass is 9.70. The highest BCUT2D eigenvalue weighted by Crippen LogP contribution is 2.52. The highest BCUT2D eigenvalue weighted by molar-refractivity contribution is 5.98. The Hall–Kier alpha value is -2.90. The van der Waals surface area contributed by atoms with Gasteiger partial charge in [-0.2, -0.15) is 0 Å². The fraction of sp³-hybridized carbons (Fsp3) is 0.481. The van der Waals surface area contributed by atoms with Gasteiger partial charge in [0.2, 0.25) is 5.91 Å². The van der Waals surface area contributed by atoms with Crippen LogP contribution in [0.15, 0.2) is 54.6 Å². The Morgan fingerprint density at radius 3 is 2.62 bits per heavy atom. The number of carbonyl (C=O) groups is 2. The van der Waals surface area contributed by atoms with Crippen LogP contribution in [-0.2, 0) is 14.3 Å². The number of nitrogens with zero attached hydrogens (tertiary/aromatic N) is 2. The van der Waals surface area contributed by atoms with Gasteiger partial charge >= 0.3 is 5.97 Å². The summed E-state index contributed by atoms with van der Waals surface area (Å²) in [5, 5.41) is 9.35. The molecular weight excluding hydrogens is 432 g/mol. The molecule has 0 bridgehead atoms. The SMILES string of the molecule is CC1(C)Oc2ccccc2[C@H]2O[C@H]3CCN(CC(=O)N(CC(=O)O)c4ccccc4)C[C@H]3C[C@@H]21. The first-order chi connectivity index (χ1) is 16.3. The van der Waals surface area contributed by atoms with E-state index < -0.39 is 5.97 Å². The first kappa shape index (κ1) is 22.9. The number of carboxylic acid groups (broad SMARTS) is 1. The van der Waals surface area contributed by atoms with Gasteiger partial charge in [-0.05, 0) is 50.8 Å². The Balaban J connectivity index is 1.28. The molecule has 5 rings (SSSR count). The second-order valence-electron chi connectivity index (χ2n) is 10.2. The molecule has 2 saturated heterocycles. The van der Waals surface area contributed by atoms with Gasteiger partial charge in [0.25, 0.3) is 0 Å². The Labute approximate surface area is 200 Å². The number of amides is 1. The lowest BCUT2D eigenvalue weighted by molar-refractivity contribution is -0.187. The molecule has 34 heavy (non-hydrogen) atoms. The summed E-state index contributed by atoms with van der Waals surface area (Å²) < 4.78 is 13.1. The average Bonchev–Trinajstić information content (AvgIpc) is 2.82. The van der Waals surface area contributed by atoms with Crippen molar-refractivity contribution < 1.29 is 24.2 Å². The van der Waals surface area contributed by atoms with Crippen LogP contribution in [0.25, 0.3) is 0 Å². The van der Waals surface area contributed by atoms with Crippen molar-refractivity contribution in [2.45, 2.75) is 44.5 Å². The van der Waals surface area contributed by atoms with Gasteiger partial charge in [-0.25, -0.2) is 0 Å². The lowest BCUT2D eigenvalue weighted by Crippen LogP contribution is -2.56. The van der Waals surface area contributed by atoms with E-state index in [4.69, 9.17) is 9.47 Å². The molecule has 0 radical (unpaired) electrons. The monoisotopic (exact) mass is 464 g/mol. The summed E-state index contributed by atoms with van der Waals surface area (Å²) >= 11 is 0. The molecule has 4 atom stereocenters. The minimum atomic E-state index is -1.03. The highest BCUT2D eigenvalue weighted by Gasteiger charge is 2.51. The summed E-state index contributed by atoms with van der Waals surface area (Å²) in [4.78, 5) is 28.1. The zero-order chi connectivity index (χ0) is 23.9. The van der Waals surface area contributed by atoms with Crippen LogP contribution in [0, 0.1) is 11.8 Å². The lowest BCUT2D eigenvalue weighted by Gasteiger charge is -2.53. The molecule has 0 spiro atoms. The number of carbonyl (C=O) groups excluding carboxylic acids is 1. The van der Waals surface area contributed by atoms with Crippen molar-refractivity contribution in [2.75, 3.05) is 31.1 Å². The Morgan fingerprint density at radius 1 is 1.12 bits per heavy atom. The predicted molar refractivity (Wildman–Crippen MR) is 128 cm³/mol. The molecule has 180 valence electrons. The first-order valence-electron chi connectivity index (χ1n) is 12.0. The standard InChI is InChI=1S/C27H32N2O5/c1-27(2)21-14-18-15-28(16-24(30)29(17-25(31)32)19-8-4-3-5-9-19)13-12-22(18)33-26(21)20-10-6-7-11-23(20)34-27/h3-11,18,21-22,26H,12-17H2,1-2H3,(H,31,32)/t18-,21+,22+,26-/m1/s1. The van der Waals surface area contributed by atoms with Gasteiger partial charge in [0.1, 0.15) is 17.9 Å². The van der Waals surface area contributed by atoms with Crippen molar-refractivity contribution in [3.8, 4) is 5.75 Å². The number of para-hydroxylation sites is 2. The van der Waals surface area contributed by atoms with Gasteiger partial charge in [0.15, 0.2) is 0 Å². The van der Waals surface area contributed by atoms with Gasteiger partial charge in [-0.1, -0.05) is 36.4 Å². The third kappa shape index (κ3) is 4.42. The molecule has 3 aliphatic heterocycles. The zero-order valence-corrected chi connectivity index (χ0v) is 19.7. The number of hydrogen-bond donors (Lipinski definition) is 1. The molecule has 3 heterocycles. The second kappa shape index (κ2) is 9.04. The number of anilines is 1. The second-order valence-corrected chi connectivity index (χ2v) is 10.2. The first-order valence-corrected chi connectivity index (χ1v) is 12.0. The van der Waals surface area contributed by atoms with Crippen LogP contribution in [0.3, 0.4) is 0 Å². The van der Waals surface area contributed by atoms with Crippen LogP contribution < -0.4 is 9.64 Å². The molecule has 0 saturated carbocycles. The summed E-state index contributed by atoms with van der Waals surface area (Å²) in [5.74, 6) is 0.224. The minimum absolute atomic E-state index is 0.0264. The Kier molecular flexibility index (Phi) is 6.08. The summed E-state index contributed by atoms with van der Waals surface area (Å²) in [6.45, 7) is 5.63. The smallest absolute Gasteiger partial charge is 0.323 e. The molecule has 0 unspecified atom stereocenters. The Bertz CT molecular complexity index is 1060. The van der Waals surface area contributed by atoms with Crippen LogP contribution >= 0.6 is 0 Å². The van der Waals surface area contributed by atoms with E-state index in [9.17, 15) is 14.7 Å². The van der Waals surface area contributed by atoms with E-state index in [1.165, 1.54) is 4.90 Å². The molecule has 7 nitrogen and oxygen atoms in total. The molecule has 3 aliphatic rings. The van der Waals surface area contributed by atoms with E-state index in [1.54, 1.807) is 12.1 Å². The fourth-order valence-electron chi connectivity index (χ4n) is 5.82. The van der Waals surface area contributed by atoms with Crippen molar-refractivity contribution >= 4 is 17.6 Å². The maximum Gasteiger partial charge on any atom is 0.323 e. The molecule has 0 aromatic heterocycles. The van der Waals surface area contributed by atoms with Gasteiger partial charge in [0, 0.05) is 30.3 Å². The minimum Gasteiger partial charge on any atom is -0.487 e. The number of fused-ring (bicyclic) bond motifs is 4. The maximum absolute atomic E-state index is 13.1. The van der Waals surface area contributed by atoms with E-state index >= 15 is 0 Å². The van der Waals surface area contributed by atoms with E-state index in [0.29, 0.717) is 11.6 Å². The number of rotatable bonds is 5. The predicted octanol–water partition coefficient (Wildman–Crippen LogP) is 3.74. The average molecular weight is 465 g/mol. The topological polar surface area (TPSA) is 79.3 Å². The molecule has 0 aliphatic carbocycles. The van der Waals surface area contributed by atoms with Crippen LogP contribution in [0.5, 0.6) is 5.75 Å². The number of benzene rings is 2. The van der Waals surface area contributed by atoms with E-state index in [-0.39, 0.29) is 42.7 Å². The molecule has 1 amide bonds. The van der Waals surface area contributed by atoms with Gasteiger partial charge in [-0.15, -0.1) is 0 Å². The van der Waals surface area contributed by atoms with E-state index in [0.717, 1.165) is 37.2 Å². The fourth-order valence-corrected chi connectivity index (χ4v) is 5.82. The van der Waals surface area contributed by atoms with E-state index in [1.807, 2.05) is 36.4 Å². The van der Waals surface area contributed by atoms with Crippen LogP contribution in [-0.4, -0.2) is 59.8 Å². The number of piperidine rings is 1. The quantitative estimate of drug-likeness (QED) is 0.726. The van der Waals surface area contributed by atoms with Crippen molar-refractivity contribution in [3.05, 3.63) is 60.2 Å². The maximum atomic E-state index is 13.1. The van der Waals surface area contributed by atoms with E-state index in [2.05, 4.69) is 24.8 Å². The van der Waals surface area contributed by atoms with Crippen LogP contribution in [0.2, 0.25) is 0 Å². The zero-order valence-electron chi connectivity index (χ0n) is 19.7. The van der Waals surface area contributed by atoms with Crippen molar-refractivity contribution in [1.29, 1.82) is 0 Å². The molecule has 7 heteroatoms.